The van der Waals surface area contributed by atoms with Crippen LogP contribution in [0, 0.1) is 17.8 Å². The van der Waals surface area contributed by atoms with E-state index in [1.807, 2.05) is 71.0 Å². The van der Waals surface area contributed by atoms with Crippen LogP contribution in [0.1, 0.15) is 89.4 Å². The van der Waals surface area contributed by atoms with E-state index in [0.717, 1.165) is 55.5 Å². The van der Waals surface area contributed by atoms with Gasteiger partial charge >= 0.3 is 6.09 Å². The summed E-state index contributed by atoms with van der Waals surface area (Å²) in [7, 11) is 4.30. The quantitative estimate of drug-likeness (QED) is 0.0494. The number of fused-ring (bicyclic) bond motifs is 6. The third-order valence-corrected chi connectivity index (χ3v) is 12.4. The number of methoxy groups -OCH3 is 3. The fraction of sp³-hybridized carbons (Fsp3) is 0.431. The van der Waals surface area contributed by atoms with E-state index in [-0.39, 0.29) is 29.6 Å². The standard InChI is InChI=1S/C51H64N8O8/c1-28(2)24-58(48(60)43(29(3)4)56-50(62)65-9)31(6)46-52-23-41(54-46)35-16-18-37-36(20-35)27-67-42-22-38-34(21-39(37)42)17-19-40-45(38)55-47(53-40)32(7)59(25-30(5)26-64-8)49(61)44(57-51(63)66-10)33-14-12-11-13-15-33/h11-23,28-32,43-44,51,57,63H,24-27H2,1-10H3,(H,52,54)(H,53,55)(H,56,62)/t30-,31-,32-,43-,44+,51?/m0/s1. The highest BCUT2D eigenvalue weighted by Crippen LogP contribution is 2.43. The van der Waals surface area contributed by atoms with Crippen LogP contribution in [0.15, 0.2) is 79.0 Å². The van der Waals surface area contributed by atoms with Gasteiger partial charge in [0.15, 0.2) is 0 Å². The minimum Gasteiger partial charge on any atom is -0.488 e. The lowest BCUT2D eigenvalue weighted by atomic mass is 9.92. The molecule has 16 nitrogen and oxygen atoms in total. The first-order chi connectivity index (χ1) is 32.1. The van der Waals surface area contributed by atoms with Crippen molar-refractivity contribution in [2.75, 3.05) is 41.0 Å². The summed E-state index contributed by atoms with van der Waals surface area (Å²) in [6, 6.07) is 21.2. The van der Waals surface area contributed by atoms with Crippen LogP contribution in [0.5, 0.6) is 5.75 Å². The van der Waals surface area contributed by atoms with Crippen LogP contribution >= 0.6 is 0 Å². The minimum absolute atomic E-state index is 0.00157. The summed E-state index contributed by atoms with van der Waals surface area (Å²) in [6.45, 7) is 15.5. The Balaban J connectivity index is 1.16. The summed E-state index contributed by atoms with van der Waals surface area (Å²) in [6.07, 6.45) is -0.231. The summed E-state index contributed by atoms with van der Waals surface area (Å²) in [5, 5.41) is 18.1. The third-order valence-electron chi connectivity index (χ3n) is 12.4. The third kappa shape index (κ3) is 10.6. The first-order valence-electron chi connectivity index (χ1n) is 22.9. The largest absolute Gasteiger partial charge is 0.488 e. The summed E-state index contributed by atoms with van der Waals surface area (Å²) in [5.74, 6) is 1.55. The van der Waals surface area contributed by atoms with E-state index in [1.165, 1.54) is 14.2 Å². The Hall–Kier alpha value is -6.33. The van der Waals surface area contributed by atoms with Gasteiger partial charge in [0.2, 0.25) is 18.2 Å². The van der Waals surface area contributed by atoms with Crippen molar-refractivity contribution in [3.8, 4) is 28.1 Å². The van der Waals surface area contributed by atoms with Crippen LogP contribution in [-0.2, 0) is 30.4 Å². The van der Waals surface area contributed by atoms with E-state index in [4.69, 9.17) is 28.9 Å². The maximum Gasteiger partial charge on any atom is 0.407 e. The zero-order chi connectivity index (χ0) is 48.1. The highest BCUT2D eigenvalue weighted by Gasteiger charge is 2.35. The minimum atomic E-state index is -1.37. The van der Waals surface area contributed by atoms with Gasteiger partial charge in [-0.3, -0.25) is 14.9 Å². The van der Waals surface area contributed by atoms with Crippen molar-refractivity contribution >= 4 is 39.7 Å². The van der Waals surface area contributed by atoms with Crippen LogP contribution < -0.4 is 15.4 Å². The van der Waals surface area contributed by atoms with Gasteiger partial charge in [-0.15, -0.1) is 0 Å². The normalized spacial score (nSPS) is 15.0. The van der Waals surface area contributed by atoms with E-state index in [9.17, 15) is 19.5 Å². The molecule has 0 saturated carbocycles. The molecule has 1 aliphatic heterocycles. The van der Waals surface area contributed by atoms with Crippen molar-refractivity contribution in [3.05, 3.63) is 102 Å². The number of hydrogen-bond acceptors (Lipinski definition) is 11. The Morgan fingerprint density at radius 2 is 1.57 bits per heavy atom. The maximum absolute atomic E-state index is 14.6. The van der Waals surface area contributed by atoms with Crippen LogP contribution in [0.25, 0.3) is 44.2 Å². The van der Waals surface area contributed by atoms with Gasteiger partial charge in [-0.25, -0.2) is 14.8 Å². The predicted octanol–water partition coefficient (Wildman–Crippen LogP) is 8.02. The number of amides is 3. The molecule has 4 aromatic carbocycles. The molecule has 0 fully saturated rings. The number of hydrogen-bond donors (Lipinski definition) is 5. The predicted molar refractivity (Wildman–Crippen MR) is 257 cm³/mol. The number of aromatic amines is 2. The molecule has 0 radical (unpaired) electrons. The number of carbonyl (C=O) groups excluding carboxylic acids is 3. The molecule has 0 spiro atoms. The number of alkyl carbamates (subject to hydrolysis) is 1. The van der Waals surface area contributed by atoms with Crippen molar-refractivity contribution < 1.29 is 38.4 Å². The van der Waals surface area contributed by atoms with E-state index in [2.05, 4.69) is 70.8 Å². The zero-order valence-corrected chi connectivity index (χ0v) is 40.0. The van der Waals surface area contributed by atoms with Crippen molar-refractivity contribution in [1.82, 2.24) is 40.4 Å². The molecular weight excluding hydrogens is 853 g/mol. The molecule has 3 amide bonds. The van der Waals surface area contributed by atoms with Gasteiger partial charge in [-0.1, -0.05) is 83.1 Å². The van der Waals surface area contributed by atoms with Gasteiger partial charge in [-0.2, -0.15) is 0 Å². The van der Waals surface area contributed by atoms with E-state index in [1.54, 1.807) is 23.1 Å². The SMILES string of the molecule is COC[C@@H](C)CN(C(=O)[C@H](NC(O)OC)c1ccccc1)[C@@H](C)c1nc2ccc3cc4c(cc3c2[nH]1)OCc1cc(-c2cnc([C@H](C)N(CC(C)C)C(=O)[C@@H](NC(=O)OC)C(C)C)[nH]2)ccc1-4. The number of aliphatic hydroxyl groups is 1. The second-order valence-electron chi connectivity index (χ2n) is 18.2. The molecule has 0 bridgehead atoms. The summed E-state index contributed by atoms with van der Waals surface area (Å²) in [5.41, 5.74) is 7.05. The Morgan fingerprint density at radius 3 is 2.25 bits per heavy atom. The summed E-state index contributed by atoms with van der Waals surface area (Å²) < 4.78 is 21.9. The van der Waals surface area contributed by atoms with Crippen LogP contribution in [-0.4, -0.2) is 106 Å². The van der Waals surface area contributed by atoms with Crippen molar-refractivity contribution in [2.45, 2.75) is 85.7 Å². The second kappa shape index (κ2) is 21.1. The lowest BCUT2D eigenvalue weighted by molar-refractivity contribution is -0.145. The molecule has 2 aromatic heterocycles. The lowest BCUT2D eigenvalue weighted by Gasteiger charge is -2.34. The molecule has 16 heteroatoms. The Bertz CT molecular complexity index is 2680. The van der Waals surface area contributed by atoms with Crippen LogP contribution in [0.2, 0.25) is 0 Å². The number of rotatable bonds is 19. The van der Waals surface area contributed by atoms with Crippen molar-refractivity contribution in [3.63, 3.8) is 0 Å². The Kier molecular flexibility index (Phi) is 15.3. The van der Waals surface area contributed by atoms with Crippen molar-refractivity contribution in [1.29, 1.82) is 0 Å². The summed E-state index contributed by atoms with van der Waals surface area (Å²) in [4.78, 5) is 61.1. The average molecular weight is 917 g/mol. The second-order valence-corrected chi connectivity index (χ2v) is 18.2. The van der Waals surface area contributed by atoms with Gasteiger partial charge in [0.05, 0.1) is 48.7 Å². The Morgan fingerprint density at radius 1 is 0.836 bits per heavy atom. The van der Waals surface area contributed by atoms with Gasteiger partial charge in [0, 0.05) is 38.3 Å². The van der Waals surface area contributed by atoms with E-state index in [0.29, 0.717) is 43.5 Å². The molecule has 6 aromatic rings. The molecule has 6 atom stereocenters. The first-order valence-corrected chi connectivity index (χ1v) is 22.9. The van der Waals surface area contributed by atoms with Crippen LogP contribution in [0.3, 0.4) is 0 Å². The monoisotopic (exact) mass is 916 g/mol. The smallest absolute Gasteiger partial charge is 0.407 e. The molecule has 0 saturated heterocycles. The average Bonchev–Trinajstić information content (AvgIpc) is 4.01. The van der Waals surface area contributed by atoms with Gasteiger partial charge in [0.1, 0.15) is 36.1 Å². The van der Waals surface area contributed by atoms with E-state index < -0.39 is 36.7 Å². The lowest BCUT2D eigenvalue weighted by Crippen LogP contribution is -2.52. The van der Waals surface area contributed by atoms with Crippen molar-refractivity contribution in [2.24, 2.45) is 17.8 Å². The number of nitrogens with one attached hydrogen (secondary N) is 4. The van der Waals surface area contributed by atoms with Gasteiger partial charge in [-0.05, 0) is 83.5 Å². The molecule has 67 heavy (non-hydrogen) atoms. The number of H-pyrrole nitrogens is 2. The highest BCUT2D eigenvalue weighted by molar-refractivity contribution is 6.07. The number of ether oxygens (including phenoxy) is 4. The van der Waals surface area contributed by atoms with Gasteiger partial charge < -0.3 is 49.1 Å². The molecular formula is C51H64N8O8. The topological polar surface area (TPSA) is 196 Å². The number of imidazole rings is 2. The molecule has 356 valence electrons. The van der Waals surface area contributed by atoms with E-state index >= 15 is 0 Å². The highest BCUT2D eigenvalue weighted by atomic mass is 16.6. The fourth-order valence-corrected chi connectivity index (χ4v) is 8.82. The molecule has 0 aliphatic carbocycles. The molecule has 5 N–H and O–H groups in total. The fourth-order valence-electron chi connectivity index (χ4n) is 8.82. The van der Waals surface area contributed by atoms with Crippen LogP contribution in [0.4, 0.5) is 4.79 Å². The zero-order valence-electron chi connectivity index (χ0n) is 40.0. The maximum atomic E-state index is 14.6. The number of nitrogens with zero attached hydrogens (tertiary/aromatic N) is 4. The van der Waals surface area contributed by atoms with Gasteiger partial charge in [0.25, 0.3) is 0 Å². The molecule has 7 rings (SSSR count). The molecule has 1 unspecified atom stereocenters. The number of aliphatic hydroxyl groups excluding tert-OH is 1. The number of carbonyl (C=O) groups is 3. The first kappa shape index (κ1) is 48.6. The summed E-state index contributed by atoms with van der Waals surface area (Å²) >= 11 is 0. The molecule has 1 aliphatic rings. The molecule has 3 heterocycles. The number of aromatic nitrogens is 4. The Labute approximate surface area is 391 Å². The number of benzene rings is 4.